The number of hydrogen-bond acceptors (Lipinski definition) is 4. The second-order valence-electron chi connectivity index (χ2n) is 7.81. The van der Waals surface area contributed by atoms with Gasteiger partial charge in [-0.1, -0.05) is 36.9 Å². The van der Waals surface area contributed by atoms with Crippen molar-refractivity contribution in [3.63, 3.8) is 0 Å². The van der Waals surface area contributed by atoms with Crippen LogP contribution in [0.2, 0.25) is 19.6 Å². The highest BCUT2D eigenvalue weighted by Crippen LogP contribution is 2.19. The van der Waals surface area contributed by atoms with Crippen molar-refractivity contribution in [2.75, 3.05) is 0 Å². The maximum Gasteiger partial charge on any atom is 0.335 e. The van der Waals surface area contributed by atoms with Crippen molar-refractivity contribution in [2.45, 2.75) is 65.4 Å². The van der Waals surface area contributed by atoms with Gasteiger partial charge in [-0.2, -0.15) is 0 Å². The van der Waals surface area contributed by atoms with Crippen LogP contribution in [0.3, 0.4) is 0 Å². The summed E-state index contributed by atoms with van der Waals surface area (Å²) in [6, 6.07) is 3.00. The number of carbonyl (C=O) groups excluding carboxylic acids is 1. The molecule has 0 bridgehead atoms. The number of allylic oxidation sites excluding steroid dienone is 3. The van der Waals surface area contributed by atoms with E-state index in [1.165, 1.54) is 17.2 Å². The quantitative estimate of drug-likeness (QED) is 0.217. The first-order valence-electron chi connectivity index (χ1n) is 8.77. The summed E-state index contributed by atoms with van der Waals surface area (Å²) in [7, 11) is -1.74. The molecule has 0 aliphatic rings. The van der Waals surface area contributed by atoms with Crippen LogP contribution in [-0.2, 0) is 16.0 Å². The van der Waals surface area contributed by atoms with Crippen LogP contribution in [0, 0.1) is 3.57 Å². The van der Waals surface area contributed by atoms with E-state index in [0.717, 1.165) is 16.4 Å². The minimum atomic E-state index is -1.74. The molecular weight excluding hydrogens is 459 g/mol. The van der Waals surface area contributed by atoms with Crippen molar-refractivity contribution >= 4 is 36.6 Å². The second-order valence-corrected chi connectivity index (χ2v) is 14.3. The lowest BCUT2D eigenvalue weighted by Crippen LogP contribution is -2.41. The highest BCUT2D eigenvalue weighted by molar-refractivity contribution is 14.1. The zero-order valence-corrected chi connectivity index (χ0v) is 19.7. The van der Waals surface area contributed by atoms with E-state index < -0.39 is 13.7 Å². The molecule has 0 spiro atoms. The number of rotatable bonds is 8. The maximum atomic E-state index is 12.4. The second kappa shape index (κ2) is 10.3. The van der Waals surface area contributed by atoms with Gasteiger partial charge in [-0.3, -0.25) is 4.79 Å². The van der Waals surface area contributed by atoms with Gasteiger partial charge in [0.05, 0.1) is 11.6 Å². The number of carbonyl (C=O) groups is 1. The molecule has 0 N–H and O–H groups in total. The third kappa shape index (κ3) is 8.49. The van der Waals surface area contributed by atoms with Crippen LogP contribution in [0.4, 0.5) is 0 Å². The van der Waals surface area contributed by atoms with Crippen molar-refractivity contribution in [1.29, 1.82) is 0 Å². The molecule has 1 atom stereocenters. The minimum Gasteiger partial charge on any atom is -0.462 e. The molecule has 0 saturated carbocycles. The normalized spacial score (nSPS) is 13.3. The van der Waals surface area contributed by atoms with Gasteiger partial charge >= 0.3 is 11.6 Å². The first kappa shape index (κ1) is 22.9. The summed E-state index contributed by atoms with van der Waals surface area (Å²) in [5.41, 5.74) is 1.88. The Hall–Kier alpha value is -1.15. The van der Waals surface area contributed by atoms with Gasteiger partial charge in [0, 0.05) is 6.07 Å². The molecule has 1 heterocycles. The Balaban J connectivity index is 2.84. The largest absolute Gasteiger partial charge is 0.462 e. The van der Waals surface area contributed by atoms with E-state index in [2.05, 4.69) is 75.2 Å². The average molecular weight is 488 g/mol. The Labute approximate surface area is 170 Å². The van der Waals surface area contributed by atoms with Gasteiger partial charge in [-0.25, -0.2) is 4.79 Å². The van der Waals surface area contributed by atoms with Crippen molar-refractivity contribution in [2.24, 2.45) is 0 Å². The predicted molar refractivity (Wildman–Crippen MR) is 117 cm³/mol. The summed E-state index contributed by atoms with van der Waals surface area (Å²) >= 11 is 2.05. The standard InChI is InChI=1S/C20H29IO4Si/c1-14(2)8-7-9-15(3)12-20(26(4,5)6)25-19(23)13-17-16(21)10-11-18(22)24-17/h8,10-12,20H,7,9,13H2,1-6H3/b15-12+/t20-/m1/s1. The van der Waals surface area contributed by atoms with E-state index in [9.17, 15) is 9.59 Å². The Morgan fingerprint density at radius 2 is 1.92 bits per heavy atom. The van der Waals surface area contributed by atoms with E-state index in [1.807, 2.05) is 0 Å². The zero-order chi connectivity index (χ0) is 19.9. The lowest BCUT2D eigenvalue weighted by molar-refractivity contribution is -0.143. The highest BCUT2D eigenvalue weighted by Gasteiger charge is 2.29. The summed E-state index contributed by atoms with van der Waals surface area (Å²) < 4.78 is 11.7. The van der Waals surface area contributed by atoms with Gasteiger partial charge in [-0.05, 0) is 68.3 Å². The third-order valence-corrected chi connectivity index (χ3v) is 6.75. The SMILES string of the molecule is CC(C)=CCC/C(C)=C/[C@H](OC(=O)Cc1oc(=O)ccc1I)[Si](C)(C)C. The summed E-state index contributed by atoms with van der Waals surface area (Å²) in [4.78, 5) is 23.8. The molecule has 0 aliphatic carbocycles. The molecule has 1 aromatic rings. The predicted octanol–water partition coefficient (Wildman–Crippen LogP) is 5.27. The van der Waals surface area contributed by atoms with Crippen molar-refractivity contribution in [1.82, 2.24) is 0 Å². The fourth-order valence-electron chi connectivity index (χ4n) is 2.26. The smallest absolute Gasteiger partial charge is 0.335 e. The van der Waals surface area contributed by atoms with Gasteiger partial charge in [-0.15, -0.1) is 0 Å². The van der Waals surface area contributed by atoms with Crippen molar-refractivity contribution in [3.05, 3.63) is 55.2 Å². The lowest BCUT2D eigenvalue weighted by atomic mass is 10.1. The van der Waals surface area contributed by atoms with Crippen LogP contribution >= 0.6 is 22.6 Å². The summed E-state index contributed by atoms with van der Waals surface area (Å²) in [6.07, 6.45) is 6.22. The van der Waals surface area contributed by atoms with Crippen molar-refractivity contribution < 1.29 is 13.9 Å². The Morgan fingerprint density at radius 1 is 1.27 bits per heavy atom. The molecule has 0 radical (unpaired) electrons. The molecular formula is C20H29IO4Si. The maximum absolute atomic E-state index is 12.4. The van der Waals surface area contributed by atoms with E-state index in [4.69, 9.17) is 9.15 Å². The van der Waals surface area contributed by atoms with Crippen LogP contribution in [0.5, 0.6) is 0 Å². The van der Waals surface area contributed by atoms with Gasteiger partial charge in [0.15, 0.2) is 0 Å². The molecule has 0 saturated heterocycles. The summed E-state index contributed by atoms with van der Waals surface area (Å²) in [5.74, 6) is -0.000255. The number of halogens is 1. The Kier molecular flexibility index (Phi) is 9.02. The fourth-order valence-corrected chi connectivity index (χ4v) is 4.01. The molecule has 0 amide bonds. The molecule has 0 aromatic carbocycles. The van der Waals surface area contributed by atoms with Crippen molar-refractivity contribution in [3.8, 4) is 0 Å². The topological polar surface area (TPSA) is 56.5 Å². The van der Waals surface area contributed by atoms with E-state index in [1.54, 1.807) is 6.07 Å². The fraction of sp³-hybridized carbons (Fsp3) is 0.500. The zero-order valence-electron chi connectivity index (χ0n) is 16.5. The average Bonchev–Trinajstić information content (AvgIpc) is 2.49. The first-order valence-corrected chi connectivity index (χ1v) is 13.4. The lowest BCUT2D eigenvalue weighted by Gasteiger charge is -2.27. The number of esters is 1. The van der Waals surface area contributed by atoms with Crippen LogP contribution in [0.15, 0.2) is 44.6 Å². The van der Waals surface area contributed by atoms with E-state index in [0.29, 0.717) is 5.76 Å². The van der Waals surface area contributed by atoms with Gasteiger partial charge in [0.1, 0.15) is 17.9 Å². The molecule has 0 fully saturated rings. The molecule has 0 unspecified atom stereocenters. The van der Waals surface area contributed by atoms with Crippen LogP contribution < -0.4 is 5.63 Å². The molecule has 4 nitrogen and oxygen atoms in total. The van der Waals surface area contributed by atoms with Gasteiger partial charge < -0.3 is 9.15 Å². The Morgan fingerprint density at radius 3 is 2.50 bits per heavy atom. The molecule has 144 valence electrons. The first-order chi connectivity index (χ1) is 12.0. The van der Waals surface area contributed by atoms with E-state index in [-0.39, 0.29) is 18.1 Å². The van der Waals surface area contributed by atoms with Gasteiger partial charge in [0.25, 0.3) is 0 Å². The van der Waals surface area contributed by atoms with Gasteiger partial charge in [0.2, 0.25) is 0 Å². The molecule has 6 heteroatoms. The van der Waals surface area contributed by atoms with Crippen LogP contribution in [0.1, 0.15) is 39.4 Å². The van der Waals surface area contributed by atoms with Crippen LogP contribution in [-0.4, -0.2) is 19.8 Å². The molecule has 1 aromatic heterocycles. The Bertz CT molecular complexity index is 737. The summed E-state index contributed by atoms with van der Waals surface area (Å²) in [5, 5.41) is 0. The van der Waals surface area contributed by atoms with E-state index >= 15 is 0 Å². The third-order valence-electron chi connectivity index (χ3n) is 3.80. The molecule has 26 heavy (non-hydrogen) atoms. The summed E-state index contributed by atoms with van der Waals surface area (Å²) in [6.45, 7) is 12.8. The molecule has 0 aliphatic heterocycles. The number of ether oxygens (including phenoxy) is 1. The number of hydrogen-bond donors (Lipinski definition) is 0. The minimum absolute atomic E-state index is 0.0278. The monoisotopic (exact) mass is 488 g/mol. The highest BCUT2D eigenvalue weighted by atomic mass is 127. The molecule has 1 rings (SSSR count). The van der Waals surface area contributed by atoms with Crippen LogP contribution in [0.25, 0.3) is 0 Å².